The summed E-state index contributed by atoms with van der Waals surface area (Å²) < 4.78 is 7.55. The molecule has 0 unspecified atom stereocenters. The van der Waals surface area contributed by atoms with E-state index in [0.717, 1.165) is 22.3 Å². The molecule has 0 aliphatic carbocycles. The van der Waals surface area contributed by atoms with Crippen molar-refractivity contribution in [1.82, 2.24) is 14.8 Å². The highest BCUT2D eigenvalue weighted by molar-refractivity contribution is 7.12. The predicted molar refractivity (Wildman–Crippen MR) is 131 cm³/mol. The van der Waals surface area contributed by atoms with Gasteiger partial charge in [-0.2, -0.15) is 0 Å². The van der Waals surface area contributed by atoms with Crippen molar-refractivity contribution in [1.29, 1.82) is 0 Å². The van der Waals surface area contributed by atoms with Gasteiger partial charge in [-0.25, -0.2) is 9.67 Å². The molecule has 6 nitrogen and oxygen atoms in total. The van der Waals surface area contributed by atoms with Crippen LogP contribution in [0.2, 0.25) is 5.02 Å². The highest BCUT2D eigenvalue weighted by Crippen LogP contribution is 2.23. The zero-order valence-corrected chi connectivity index (χ0v) is 19.0. The number of carbonyl (C=O) groups excluding carboxylic acids is 1. The van der Waals surface area contributed by atoms with E-state index in [9.17, 15) is 4.79 Å². The molecule has 0 aliphatic heterocycles. The van der Waals surface area contributed by atoms with Crippen LogP contribution < -0.4 is 10.1 Å². The van der Waals surface area contributed by atoms with Crippen molar-refractivity contribution in [2.24, 2.45) is 0 Å². The van der Waals surface area contributed by atoms with Gasteiger partial charge < -0.3 is 4.74 Å². The van der Waals surface area contributed by atoms with E-state index < -0.39 is 0 Å². The number of anilines is 1. The molecule has 164 valence electrons. The quantitative estimate of drug-likeness (QED) is 0.313. The Morgan fingerprint density at radius 2 is 1.85 bits per heavy atom. The average molecular weight is 475 g/mol. The molecule has 0 spiro atoms. The van der Waals surface area contributed by atoms with Crippen LogP contribution in [0.15, 0.2) is 84.5 Å². The molecular weight excluding hydrogens is 456 g/mol. The zero-order valence-electron chi connectivity index (χ0n) is 17.4. The summed E-state index contributed by atoms with van der Waals surface area (Å²) in [6, 6.07) is 23.5. The Kier molecular flexibility index (Phi) is 6.06. The molecule has 0 radical (unpaired) electrons. The van der Waals surface area contributed by atoms with Crippen molar-refractivity contribution in [3.05, 3.63) is 106 Å². The van der Waals surface area contributed by atoms with E-state index in [1.54, 1.807) is 11.0 Å². The van der Waals surface area contributed by atoms with Gasteiger partial charge in [-0.05, 0) is 46.0 Å². The minimum atomic E-state index is -0.257. The molecular formula is C25H19ClN4O2S. The number of fused-ring (bicyclic) bond motifs is 1. The van der Waals surface area contributed by atoms with Crippen LogP contribution in [-0.4, -0.2) is 20.7 Å². The molecule has 3 aromatic carbocycles. The van der Waals surface area contributed by atoms with Crippen molar-refractivity contribution in [2.75, 3.05) is 5.32 Å². The number of benzene rings is 3. The first-order chi connectivity index (χ1) is 16.1. The lowest BCUT2D eigenvalue weighted by atomic mass is 10.1. The maximum atomic E-state index is 12.6. The van der Waals surface area contributed by atoms with Crippen molar-refractivity contribution >= 4 is 45.6 Å². The number of nitrogens with one attached hydrogen (secondary N) is 1. The third kappa shape index (κ3) is 5.05. The van der Waals surface area contributed by atoms with E-state index >= 15 is 0 Å². The Morgan fingerprint density at radius 3 is 2.73 bits per heavy atom. The van der Waals surface area contributed by atoms with Gasteiger partial charge in [0.1, 0.15) is 18.7 Å². The number of ether oxygens (including phenoxy) is 1. The lowest BCUT2D eigenvalue weighted by molar-refractivity contribution is 0.102. The van der Waals surface area contributed by atoms with Crippen LogP contribution in [0.4, 0.5) is 5.95 Å². The highest BCUT2D eigenvalue weighted by Gasteiger charge is 2.13. The minimum Gasteiger partial charge on any atom is -0.489 e. The normalized spacial score (nSPS) is 10.9. The monoisotopic (exact) mass is 474 g/mol. The van der Waals surface area contributed by atoms with Crippen LogP contribution in [0.1, 0.15) is 20.8 Å². The zero-order chi connectivity index (χ0) is 22.6. The maximum absolute atomic E-state index is 12.6. The number of carbonyl (C=O) groups is 1. The molecule has 0 bridgehead atoms. The minimum absolute atomic E-state index is 0.245. The van der Waals surface area contributed by atoms with E-state index in [1.165, 1.54) is 16.7 Å². The fraction of sp³-hybridized carbons (Fsp3) is 0.0800. The van der Waals surface area contributed by atoms with Gasteiger partial charge in [0, 0.05) is 10.6 Å². The van der Waals surface area contributed by atoms with E-state index in [4.69, 9.17) is 16.3 Å². The van der Waals surface area contributed by atoms with E-state index in [0.29, 0.717) is 23.1 Å². The van der Waals surface area contributed by atoms with Crippen LogP contribution in [0.3, 0.4) is 0 Å². The Balaban J connectivity index is 1.19. The standard InChI is InChI=1S/C25H19ClN4O2S/c26-22-8-4-3-7-20(22)13-30-16-27-25(29-30)28-24(31)23-11-17(15-33-23)14-32-21-10-9-18-5-1-2-6-19(18)12-21/h1-12,15-16H,13-14H2,(H,28,29,31). The molecule has 5 aromatic rings. The van der Waals surface area contributed by atoms with Crippen molar-refractivity contribution in [3.63, 3.8) is 0 Å². The second-order valence-corrected chi connectivity index (χ2v) is 8.75. The second-order valence-electron chi connectivity index (χ2n) is 7.43. The fourth-order valence-corrected chi connectivity index (χ4v) is 4.37. The molecule has 1 N–H and O–H groups in total. The Bertz CT molecular complexity index is 1430. The first kappa shape index (κ1) is 21.2. The van der Waals surface area contributed by atoms with Gasteiger partial charge >= 0.3 is 0 Å². The summed E-state index contributed by atoms with van der Waals surface area (Å²) in [5, 5.41) is 11.9. The molecule has 8 heteroatoms. The van der Waals surface area contributed by atoms with Gasteiger partial charge in [0.25, 0.3) is 5.91 Å². The van der Waals surface area contributed by atoms with E-state index in [-0.39, 0.29) is 11.9 Å². The number of hydrogen-bond donors (Lipinski definition) is 1. The first-order valence-electron chi connectivity index (χ1n) is 10.3. The van der Waals surface area contributed by atoms with Gasteiger partial charge in [0.05, 0.1) is 11.4 Å². The number of hydrogen-bond acceptors (Lipinski definition) is 5. The summed E-state index contributed by atoms with van der Waals surface area (Å²) >= 11 is 7.55. The van der Waals surface area contributed by atoms with Gasteiger partial charge in [-0.15, -0.1) is 16.4 Å². The van der Waals surface area contributed by atoms with Crippen molar-refractivity contribution < 1.29 is 9.53 Å². The predicted octanol–water partition coefficient (Wildman–Crippen LogP) is 6.03. The lowest BCUT2D eigenvalue weighted by Crippen LogP contribution is -2.12. The molecule has 2 aromatic heterocycles. The molecule has 0 atom stereocenters. The summed E-state index contributed by atoms with van der Waals surface area (Å²) in [7, 11) is 0. The summed E-state index contributed by atoms with van der Waals surface area (Å²) in [5.41, 5.74) is 1.85. The summed E-state index contributed by atoms with van der Waals surface area (Å²) in [5.74, 6) is 0.779. The van der Waals surface area contributed by atoms with Crippen LogP contribution in [0, 0.1) is 0 Å². The maximum Gasteiger partial charge on any atom is 0.268 e. The van der Waals surface area contributed by atoms with E-state index in [2.05, 4.69) is 27.5 Å². The van der Waals surface area contributed by atoms with Crippen LogP contribution in [0.25, 0.3) is 10.8 Å². The number of halogens is 1. The second kappa shape index (κ2) is 9.44. The van der Waals surface area contributed by atoms with Gasteiger partial charge in [-0.1, -0.05) is 60.1 Å². The third-order valence-corrected chi connectivity index (χ3v) is 6.40. The number of rotatable bonds is 7. The van der Waals surface area contributed by atoms with Crippen molar-refractivity contribution in [2.45, 2.75) is 13.2 Å². The summed E-state index contributed by atoms with van der Waals surface area (Å²) in [4.78, 5) is 17.4. The first-order valence-corrected chi connectivity index (χ1v) is 11.5. The molecule has 0 aliphatic rings. The van der Waals surface area contributed by atoms with Crippen LogP contribution >= 0.6 is 22.9 Å². The third-order valence-electron chi connectivity index (χ3n) is 5.06. The van der Waals surface area contributed by atoms with Gasteiger partial charge in [0.15, 0.2) is 0 Å². The molecule has 0 saturated carbocycles. The SMILES string of the molecule is O=C(Nc1ncn(Cc2ccccc2Cl)n1)c1cc(COc2ccc3ccccc3c2)cs1. The van der Waals surface area contributed by atoms with E-state index in [1.807, 2.05) is 66.0 Å². The van der Waals surface area contributed by atoms with Crippen LogP contribution in [-0.2, 0) is 13.2 Å². The molecule has 33 heavy (non-hydrogen) atoms. The number of thiophene rings is 1. The molecule has 0 fully saturated rings. The van der Waals surface area contributed by atoms with Gasteiger partial charge in [-0.3, -0.25) is 10.1 Å². The largest absolute Gasteiger partial charge is 0.489 e. The summed E-state index contributed by atoms with van der Waals surface area (Å²) in [6.45, 7) is 0.852. The Morgan fingerprint density at radius 1 is 1.03 bits per heavy atom. The van der Waals surface area contributed by atoms with Gasteiger partial charge in [0.2, 0.25) is 5.95 Å². The molecule has 0 saturated heterocycles. The fourth-order valence-electron chi connectivity index (χ4n) is 3.39. The summed E-state index contributed by atoms with van der Waals surface area (Å²) in [6.07, 6.45) is 1.57. The van der Waals surface area contributed by atoms with Crippen LogP contribution in [0.5, 0.6) is 5.75 Å². The molecule has 5 rings (SSSR count). The number of amides is 1. The highest BCUT2D eigenvalue weighted by atomic mass is 35.5. The smallest absolute Gasteiger partial charge is 0.268 e. The lowest BCUT2D eigenvalue weighted by Gasteiger charge is -2.06. The molecule has 2 heterocycles. The Labute approximate surface area is 199 Å². The van der Waals surface area contributed by atoms with Crippen molar-refractivity contribution in [3.8, 4) is 5.75 Å². The Hall–Kier alpha value is -3.68. The molecule has 1 amide bonds. The number of nitrogens with zero attached hydrogens (tertiary/aromatic N) is 3. The average Bonchev–Trinajstić information content (AvgIpc) is 3.49. The number of aromatic nitrogens is 3. The topological polar surface area (TPSA) is 69.0 Å².